The van der Waals surface area contributed by atoms with Crippen molar-refractivity contribution in [1.29, 1.82) is 0 Å². The van der Waals surface area contributed by atoms with E-state index in [0.717, 1.165) is 0 Å². The number of hydrogen-bond donors (Lipinski definition) is 0. The first-order valence-corrected chi connectivity index (χ1v) is 10.6. The maximum absolute atomic E-state index is 13.0. The maximum atomic E-state index is 13.0. The van der Waals surface area contributed by atoms with Gasteiger partial charge < -0.3 is 18.4 Å². The Morgan fingerprint density at radius 2 is 1.56 bits per heavy atom. The summed E-state index contributed by atoms with van der Waals surface area (Å²) >= 11 is 0. The van der Waals surface area contributed by atoms with Crippen molar-refractivity contribution in [2.45, 2.75) is 52.3 Å². The van der Waals surface area contributed by atoms with E-state index in [0.29, 0.717) is 11.1 Å². The molecule has 0 amide bonds. The summed E-state index contributed by atoms with van der Waals surface area (Å²) in [7, 11) is -6.11. The van der Waals surface area contributed by atoms with Gasteiger partial charge in [0.2, 0.25) is 0 Å². The van der Waals surface area contributed by atoms with Gasteiger partial charge in [-0.2, -0.15) is 21.6 Å². The molecule has 12 heteroatoms. The van der Waals surface area contributed by atoms with Crippen molar-refractivity contribution in [3.05, 3.63) is 34.4 Å². The third-order valence-electron chi connectivity index (χ3n) is 4.53. The van der Waals surface area contributed by atoms with Gasteiger partial charge in [-0.1, -0.05) is 0 Å². The number of alkyl halides is 3. The van der Waals surface area contributed by atoms with Gasteiger partial charge in [-0.15, -0.1) is 0 Å². The molecule has 0 unspecified atom stereocenters. The Balaban J connectivity index is 2.33. The van der Waals surface area contributed by atoms with Gasteiger partial charge >= 0.3 is 27.8 Å². The zero-order chi connectivity index (χ0) is 24.2. The van der Waals surface area contributed by atoms with Crippen LogP contribution >= 0.6 is 0 Å². The minimum Gasteiger partial charge on any atom is -0.457 e. The van der Waals surface area contributed by atoms with E-state index in [4.69, 9.17) is 14.2 Å². The maximum Gasteiger partial charge on any atom is 0.534 e. The molecule has 0 N–H and O–H groups in total. The van der Waals surface area contributed by atoms with Crippen LogP contribution in [0, 0.1) is 13.8 Å². The Labute approximate surface area is 181 Å². The standard InChI is InChI=1S/C20H19F3O8S/c1-9-6-11-12(7-10(9)2)16(31-32(26,27)20(21,22)23)14-13(8-28-17(14)24)15(11)29-18(25)30-19(3,4)5/h6-7H,8H2,1-5H3. The molecule has 8 nitrogen and oxygen atoms in total. The number of aryl methyl sites for hydroxylation is 2. The molecule has 2 aromatic rings. The number of cyclic esters (lactones) is 1. The second kappa shape index (κ2) is 7.54. The second-order valence-electron chi connectivity index (χ2n) is 8.12. The van der Waals surface area contributed by atoms with Gasteiger partial charge in [0.15, 0.2) is 5.75 Å². The SMILES string of the molecule is Cc1cc2c(OC(=O)OC(C)(C)C)c3c(c(OS(=O)(=O)C(F)(F)F)c2cc1C)C(=O)OC3. The summed E-state index contributed by atoms with van der Waals surface area (Å²) in [6.07, 6.45) is -1.13. The number of esters is 1. The van der Waals surface area contributed by atoms with Crippen LogP contribution in [0.15, 0.2) is 12.1 Å². The molecule has 32 heavy (non-hydrogen) atoms. The first-order chi connectivity index (χ1) is 14.5. The third-order valence-corrected chi connectivity index (χ3v) is 5.48. The quantitative estimate of drug-likeness (QED) is 0.272. The van der Waals surface area contributed by atoms with Gasteiger partial charge in [0, 0.05) is 10.8 Å². The molecule has 1 aliphatic rings. The monoisotopic (exact) mass is 476 g/mol. The molecule has 0 spiro atoms. The van der Waals surface area contributed by atoms with E-state index in [1.807, 2.05) is 0 Å². The van der Waals surface area contributed by atoms with Crippen molar-refractivity contribution in [2.24, 2.45) is 0 Å². The summed E-state index contributed by atoms with van der Waals surface area (Å²) < 4.78 is 82.2. The van der Waals surface area contributed by atoms with Crippen LogP contribution in [0.1, 0.15) is 47.8 Å². The van der Waals surface area contributed by atoms with Crippen molar-refractivity contribution in [1.82, 2.24) is 0 Å². The molecule has 0 atom stereocenters. The molecule has 1 heterocycles. The molecule has 0 aromatic heterocycles. The van der Waals surface area contributed by atoms with Crippen LogP contribution in [0.25, 0.3) is 10.8 Å². The van der Waals surface area contributed by atoms with E-state index in [2.05, 4.69) is 4.18 Å². The van der Waals surface area contributed by atoms with E-state index < -0.39 is 51.3 Å². The summed E-state index contributed by atoms with van der Waals surface area (Å²) in [4.78, 5) is 24.6. The number of hydrogen-bond acceptors (Lipinski definition) is 8. The number of fused-ring (bicyclic) bond motifs is 2. The Hall–Kier alpha value is -3.02. The average molecular weight is 476 g/mol. The fourth-order valence-corrected chi connectivity index (χ4v) is 3.50. The van der Waals surface area contributed by atoms with Gasteiger partial charge in [0.1, 0.15) is 23.5 Å². The topological polar surface area (TPSA) is 105 Å². The van der Waals surface area contributed by atoms with Crippen molar-refractivity contribution in [3.63, 3.8) is 0 Å². The smallest absolute Gasteiger partial charge is 0.457 e. The minimum absolute atomic E-state index is 0.0448. The largest absolute Gasteiger partial charge is 0.534 e. The molecule has 1 aliphatic heterocycles. The highest BCUT2D eigenvalue weighted by Crippen LogP contribution is 2.46. The number of ether oxygens (including phenoxy) is 3. The van der Waals surface area contributed by atoms with Crippen molar-refractivity contribution in [3.8, 4) is 11.5 Å². The van der Waals surface area contributed by atoms with E-state index >= 15 is 0 Å². The molecule has 2 aromatic carbocycles. The van der Waals surface area contributed by atoms with Crippen LogP contribution in [-0.4, -0.2) is 31.7 Å². The van der Waals surface area contributed by atoms with Crippen molar-refractivity contribution in [2.75, 3.05) is 0 Å². The number of carbonyl (C=O) groups is 2. The van der Waals surface area contributed by atoms with E-state index in [1.165, 1.54) is 12.1 Å². The lowest BCUT2D eigenvalue weighted by Crippen LogP contribution is -2.29. The minimum atomic E-state index is -6.11. The van der Waals surface area contributed by atoms with Gasteiger partial charge in [0.25, 0.3) is 0 Å². The summed E-state index contributed by atoms with van der Waals surface area (Å²) in [6, 6.07) is 2.81. The number of rotatable bonds is 3. The van der Waals surface area contributed by atoms with E-state index in [-0.39, 0.29) is 22.1 Å². The molecular weight excluding hydrogens is 457 g/mol. The lowest BCUT2D eigenvalue weighted by molar-refractivity contribution is -0.0500. The van der Waals surface area contributed by atoms with E-state index in [1.54, 1.807) is 34.6 Å². The molecule has 3 rings (SSSR count). The Kier molecular flexibility index (Phi) is 5.57. The average Bonchev–Trinajstić information content (AvgIpc) is 2.98. The van der Waals surface area contributed by atoms with Crippen LogP contribution < -0.4 is 8.92 Å². The molecule has 174 valence electrons. The van der Waals surface area contributed by atoms with Crippen LogP contribution in [0.3, 0.4) is 0 Å². The first-order valence-electron chi connectivity index (χ1n) is 9.20. The van der Waals surface area contributed by atoms with Crippen LogP contribution in [0.4, 0.5) is 18.0 Å². The summed E-state index contributed by atoms with van der Waals surface area (Å²) in [5.74, 6) is -2.18. The van der Waals surface area contributed by atoms with Crippen LogP contribution in [0.5, 0.6) is 11.5 Å². The molecule has 0 fully saturated rings. The lowest BCUT2D eigenvalue weighted by Gasteiger charge is -2.21. The van der Waals surface area contributed by atoms with Gasteiger partial charge in [-0.25, -0.2) is 9.59 Å². The molecule has 0 saturated carbocycles. The predicted molar refractivity (Wildman–Crippen MR) is 105 cm³/mol. The molecular formula is C20H19F3O8S. The number of benzene rings is 2. The number of halogens is 3. The zero-order valence-corrected chi connectivity index (χ0v) is 18.5. The predicted octanol–water partition coefficient (Wildman–Crippen LogP) is 4.67. The number of carbonyl (C=O) groups excluding carboxylic acids is 2. The summed E-state index contributed by atoms with van der Waals surface area (Å²) in [5.41, 5.74) is -6.16. The highest BCUT2D eigenvalue weighted by Gasteiger charge is 2.50. The van der Waals surface area contributed by atoms with Crippen LogP contribution in [-0.2, 0) is 26.2 Å². The first kappa shape index (κ1) is 23.6. The fraction of sp³-hybridized carbons (Fsp3) is 0.400. The third kappa shape index (κ3) is 4.31. The summed E-state index contributed by atoms with van der Waals surface area (Å²) in [5, 5.41) is -0.138. The van der Waals surface area contributed by atoms with Crippen LogP contribution in [0.2, 0.25) is 0 Å². The fourth-order valence-electron chi connectivity index (χ4n) is 3.02. The van der Waals surface area contributed by atoms with Gasteiger partial charge in [-0.05, 0) is 57.9 Å². The molecule has 0 saturated heterocycles. The van der Waals surface area contributed by atoms with Gasteiger partial charge in [-0.3, -0.25) is 0 Å². The molecule has 0 bridgehead atoms. The van der Waals surface area contributed by atoms with Crippen molar-refractivity contribution < 1.29 is 49.6 Å². The Bertz CT molecular complexity index is 1240. The summed E-state index contributed by atoms with van der Waals surface area (Å²) in [6.45, 7) is 7.61. The lowest BCUT2D eigenvalue weighted by atomic mass is 9.95. The van der Waals surface area contributed by atoms with E-state index in [9.17, 15) is 31.2 Å². The van der Waals surface area contributed by atoms with Gasteiger partial charge in [0.05, 0.1) is 5.56 Å². The molecule has 0 aliphatic carbocycles. The molecule has 0 radical (unpaired) electrons. The van der Waals surface area contributed by atoms with Crippen molar-refractivity contribution >= 4 is 33.0 Å². The highest BCUT2D eigenvalue weighted by atomic mass is 32.2. The Morgan fingerprint density at radius 3 is 2.06 bits per heavy atom. The second-order valence-corrected chi connectivity index (χ2v) is 9.66. The Morgan fingerprint density at radius 1 is 1.03 bits per heavy atom. The zero-order valence-electron chi connectivity index (χ0n) is 17.7. The highest BCUT2D eigenvalue weighted by molar-refractivity contribution is 7.88. The normalized spacial score (nSPS) is 14.2.